The lowest BCUT2D eigenvalue weighted by Gasteiger charge is -2.30. The molecule has 204 valence electrons. The van der Waals surface area contributed by atoms with Crippen LogP contribution in [0.3, 0.4) is 0 Å². The minimum absolute atomic E-state index is 0.0236. The molecule has 0 amide bonds. The summed E-state index contributed by atoms with van der Waals surface area (Å²) in [6.07, 6.45) is 26.0. The van der Waals surface area contributed by atoms with E-state index in [1.807, 2.05) is 11.8 Å². The molecule has 5 heteroatoms. The zero-order valence-electron chi connectivity index (χ0n) is 22.9. The summed E-state index contributed by atoms with van der Waals surface area (Å²) in [5.41, 5.74) is 0. The summed E-state index contributed by atoms with van der Waals surface area (Å²) in [4.78, 5) is 23.5. The molecule has 3 saturated carbocycles. The molecule has 0 aromatic carbocycles. The van der Waals surface area contributed by atoms with Crippen molar-refractivity contribution in [3.05, 3.63) is 12.7 Å². The van der Waals surface area contributed by atoms with Gasteiger partial charge in [-0.3, -0.25) is 9.59 Å². The Balaban J connectivity index is 0.000000425. The largest absolute Gasteiger partial charge is 0.462 e. The second kappa shape index (κ2) is 18.1. The normalized spacial score (nSPS) is 30.2. The van der Waals surface area contributed by atoms with Crippen molar-refractivity contribution in [2.24, 2.45) is 17.8 Å². The van der Waals surface area contributed by atoms with Crippen molar-refractivity contribution in [3.63, 3.8) is 0 Å². The first-order valence-corrected chi connectivity index (χ1v) is 15.7. The third-order valence-corrected chi connectivity index (χ3v) is 9.28. The third-order valence-electron chi connectivity index (χ3n) is 8.15. The monoisotopic (exact) mass is 518 g/mol. The van der Waals surface area contributed by atoms with Gasteiger partial charge >= 0.3 is 5.97 Å². The summed E-state index contributed by atoms with van der Waals surface area (Å²) in [5.74, 6) is 4.29. The van der Waals surface area contributed by atoms with Crippen LogP contribution in [0, 0.1) is 30.1 Å². The van der Waals surface area contributed by atoms with Crippen molar-refractivity contribution in [2.45, 2.75) is 127 Å². The van der Waals surface area contributed by atoms with Gasteiger partial charge in [0.05, 0.1) is 12.0 Å². The molecule has 0 unspecified atom stereocenters. The Labute approximate surface area is 225 Å². The van der Waals surface area contributed by atoms with Crippen LogP contribution < -0.4 is 0 Å². The fourth-order valence-corrected chi connectivity index (χ4v) is 6.21. The van der Waals surface area contributed by atoms with Crippen molar-refractivity contribution < 1.29 is 19.1 Å². The second-order valence-electron chi connectivity index (χ2n) is 11.0. The predicted octanol–water partition coefficient (Wildman–Crippen LogP) is 7.54. The number of esters is 1. The van der Waals surface area contributed by atoms with Crippen LogP contribution in [-0.2, 0) is 19.1 Å². The molecule has 0 atom stereocenters. The number of allylic oxidation sites excluding steroid dienone is 1. The molecule has 0 saturated heterocycles. The highest BCUT2D eigenvalue weighted by molar-refractivity contribution is 7.99. The molecule has 0 radical (unpaired) electrons. The van der Waals surface area contributed by atoms with Gasteiger partial charge in [-0.1, -0.05) is 19.9 Å². The van der Waals surface area contributed by atoms with Crippen molar-refractivity contribution in [2.75, 3.05) is 12.9 Å². The highest BCUT2D eigenvalue weighted by atomic mass is 32.2. The van der Waals surface area contributed by atoms with E-state index in [1.165, 1.54) is 31.8 Å². The highest BCUT2D eigenvalue weighted by Crippen LogP contribution is 2.31. The number of unbranched alkanes of at least 4 members (excludes halogenated alkanes) is 2. The van der Waals surface area contributed by atoms with Crippen LogP contribution in [0.15, 0.2) is 12.7 Å². The number of hydrogen-bond acceptors (Lipinski definition) is 5. The molecule has 36 heavy (non-hydrogen) atoms. The molecule has 0 spiro atoms. The van der Waals surface area contributed by atoms with Crippen LogP contribution in [0.5, 0.6) is 0 Å². The maximum atomic E-state index is 12.4. The Kier molecular flexibility index (Phi) is 15.6. The molecule has 0 aliphatic heterocycles. The standard InChI is InChI=1S/C23H34O4.C8H16S/c1-3-18-9-13-22(14-10-18)27-23(25)19-11-15-21(16-12-19)26-17-7-5-6-8-20(24)4-2;1-7-3-5-8(9-2)6-4-7/h1,4,18-19,21-22H,2,5-17H2;7-8H,3-6H2,1-2H3. The SMILES string of the molecule is C#CC1CCC(OC(=O)C2CCC(OCCCCCC(=O)C=C)CC2)CC1.CSC1CCC(C)CC1. The number of thioether (sulfide) groups is 1. The number of ketones is 1. The molecule has 0 bridgehead atoms. The molecule has 0 aromatic rings. The van der Waals surface area contributed by atoms with Gasteiger partial charge in [-0.15, -0.1) is 12.3 Å². The summed E-state index contributed by atoms with van der Waals surface area (Å²) >= 11 is 2.05. The first-order valence-electron chi connectivity index (χ1n) is 14.4. The lowest BCUT2D eigenvalue weighted by atomic mass is 9.86. The van der Waals surface area contributed by atoms with Crippen molar-refractivity contribution in [3.8, 4) is 12.3 Å². The summed E-state index contributed by atoms with van der Waals surface area (Å²) < 4.78 is 11.7. The molecule has 3 aliphatic rings. The van der Waals surface area contributed by atoms with Crippen molar-refractivity contribution in [1.29, 1.82) is 0 Å². The van der Waals surface area contributed by atoms with E-state index in [-0.39, 0.29) is 29.9 Å². The van der Waals surface area contributed by atoms with Crippen LogP contribution in [0.1, 0.15) is 110 Å². The number of hydrogen-bond donors (Lipinski definition) is 0. The summed E-state index contributed by atoms with van der Waals surface area (Å²) in [5, 5.41) is 0.987. The van der Waals surface area contributed by atoms with Crippen LogP contribution in [0.4, 0.5) is 0 Å². The van der Waals surface area contributed by atoms with E-state index in [1.54, 1.807) is 0 Å². The maximum absolute atomic E-state index is 12.4. The first kappa shape index (κ1) is 31.0. The number of carbonyl (C=O) groups excluding carboxylic acids is 2. The Morgan fingerprint density at radius 1 is 0.917 bits per heavy atom. The minimum Gasteiger partial charge on any atom is -0.462 e. The fraction of sp³-hybridized carbons (Fsp3) is 0.806. The third kappa shape index (κ3) is 12.3. The average Bonchev–Trinajstić information content (AvgIpc) is 2.92. The van der Waals surface area contributed by atoms with Gasteiger partial charge in [-0.2, -0.15) is 11.8 Å². The highest BCUT2D eigenvalue weighted by Gasteiger charge is 2.30. The molecule has 3 rings (SSSR count). The smallest absolute Gasteiger partial charge is 0.309 e. The van der Waals surface area contributed by atoms with E-state index in [0.717, 1.165) is 88.4 Å². The quantitative estimate of drug-likeness (QED) is 0.122. The Bertz CT molecular complexity index is 675. The zero-order chi connectivity index (χ0) is 26.2. The second-order valence-corrected chi connectivity index (χ2v) is 12.2. The van der Waals surface area contributed by atoms with Gasteiger partial charge in [-0.25, -0.2) is 0 Å². The fourth-order valence-electron chi connectivity index (χ4n) is 5.47. The van der Waals surface area contributed by atoms with Gasteiger partial charge in [0.15, 0.2) is 5.78 Å². The first-order chi connectivity index (χ1) is 17.4. The van der Waals surface area contributed by atoms with E-state index >= 15 is 0 Å². The van der Waals surface area contributed by atoms with Crippen LogP contribution in [-0.4, -0.2) is 42.1 Å². The topological polar surface area (TPSA) is 52.6 Å². The molecule has 0 N–H and O–H groups in total. The van der Waals surface area contributed by atoms with Gasteiger partial charge in [0.25, 0.3) is 0 Å². The van der Waals surface area contributed by atoms with Gasteiger partial charge < -0.3 is 9.47 Å². The predicted molar refractivity (Wildman–Crippen MR) is 151 cm³/mol. The van der Waals surface area contributed by atoms with E-state index < -0.39 is 0 Å². The molecule has 0 heterocycles. The minimum atomic E-state index is -0.0236. The van der Waals surface area contributed by atoms with Gasteiger partial charge in [0.2, 0.25) is 0 Å². The van der Waals surface area contributed by atoms with Gasteiger partial charge in [-0.05, 0) is 108 Å². The number of carbonyl (C=O) groups is 2. The molecule has 0 aromatic heterocycles. The van der Waals surface area contributed by atoms with Crippen molar-refractivity contribution >= 4 is 23.5 Å². The number of terminal acetylenes is 1. The molecular formula is C31H50O4S. The maximum Gasteiger partial charge on any atom is 0.309 e. The molecular weight excluding hydrogens is 468 g/mol. The van der Waals surface area contributed by atoms with E-state index in [9.17, 15) is 9.59 Å². The zero-order valence-corrected chi connectivity index (χ0v) is 23.7. The summed E-state index contributed by atoms with van der Waals surface area (Å²) in [7, 11) is 0. The van der Waals surface area contributed by atoms with Crippen LogP contribution in [0.2, 0.25) is 0 Å². The van der Waals surface area contributed by atoms with Crippen molar-refractivity contribution in [1.82, 2.24) is 0 Å². The Morgan fingerprint density at radius 3 is 2.14 bits per heavy atom. The number of rotatable bonds is 11. The average molecular weight is 519 g/mol. The van der Waals surface area contributed by atoms with E-state index in [4.69, 9.17) is 15.9 Å². The molecule has 3 fully saturated rings. The summed E-state index contributed by atoms with van der Waals surface area (Å²) in [6, 6.07) is 0. The van der Waals surface area contributed by atoms with Crippen LogP contribution >= 0.6 is 11.8 Å². The van der Waals surface area contributed by atoms with E-state index in [2.05, 4.69) is 25.7 Å². The van der Waals surface area contributed by atoms with Crippen LogP contribution in [0.25, 0.3) is 0 Å². The summed E-state index contributed by atoms with van der Waals surface area (Å²) in [6.45, 7) is 6.59. The lowest BCUT2D eigenvalue weighted by Crippen LogP contribution is -2.31. The molecule has 3 aliphatic carbocycles. The Morgan fingerprint density at radius 2 is 1.56 bits per heavy atom. The van der Waals surface area contributed by atoms with Gasteiger partial charge in [0.1, 0.15) is 6.10 Å². The molecule has 4 nitrogen and oxygen atoms in total. The van der Waals surface area contributed by atoms with E-state index in [0.29, 0.717) is 12.3 Å². The lowest BCUT2D eigenvalue weighted by molar-refractivity contribution is -0.158. The Hall–Kier alpha value is -1.25. The van der Waals surface area contributed by atoms with Gasteiger partial charge in [0, 0.05) is 24.2 Å². The number of ether oxygens (including phenoxy) is 2.